The summed E-state index contributed by atoms with van der Waals surface area (Å²) in [4.78, 5) is 12.0. The van der Waals surface area contributed by atoms with Gasteiger partial charge in [0.15, 0.2) is 0 Å². The van der Waals surface area contributed by atoms with Crippen LogP contribution in [0, 0.1) is 0 Å². The number of carbonyl (C=O) groups excluding carboxylic acids is 1. The Morgan fingerprint density at radius 1 is 0.647 bits per heavy atom. The molecule has 0 aromatic heterocycles. The topological polar surface area (TPSA) is 93.7 Å². The number of benzene rings is 1. The monoisotopic (exact) mass is 485 g/mol. The first-order valence-corrected chi connectivity index (χ1v) is 12.3. The molecule has 0 saturated heterocycles. The number of hydrogen-bond donors (Lipinski definition) is 1. The van der Waals surface area contributed by atoms with Gasteiger partial charge in [-0.25, -0.2) is 4.79 Å². The lowest BCUT2D eigenvalue weighted by atomic mass is 10.2. The smallest absolute Gasteiger partial charge is 0.338 e. The maximum atomic E-state index is 12.0. The Hall–Kier alpha value is -1.75. The summed E-state index contributed by atoms with van der Waals surface area (Å²) in [6.07, 6.45) is 2.26. The van der Waals surface area contributed by atoms with E-state index in [-0.39, 0.29) is 12.6 Å². The first-order chi connectivity index (χ1) is 16.8. The maximum absolute atomic E-state index is 12.0. The van der Waals surface area contributed by atoms with Crippen LogP contribution in [0.5, 0.6) is 0 Å². The molecule has 0 saturated carbocycles. The van der Waals surface area contributed by atoms with Crippen molar-refractivity contribution in [3.63, 3.8) is 0 Å². The fraction of sp³-hybridized carbons (Fsp3) is 0.720. The van der Waals surface area contributed by atoms with E-state index < -0.39 is 0 Å². The first-order valence-electron chi connectivity index (χ1n) is 12.3. The Balaban J connectivity index is 1.83. The highest BCUT2D eigenvalue weighted by Gasteiger charge is 2.06. The lowest BCUT2D eigenvalue weighted by molar-refractivity contribution is -0.0189. The average molecular weight is 486 g/mol. The van der Waals surface area contributed by atoms with Gasteiger partial charge in [-0.1, -0.05) is 13.3 Å². The lowest BCUT2D eigenvalue weighted by Crippen LogP contribution is -2.15. The molecule has 0 aliphatic carbocycles. The van der Waals surface area contributed by atoms with Crippen molar-refractivity contribution < 1.29 is 38.0 Å². The molecule has 9 nitrogen and oxygen atoms in total. The maximum Gasteiger partial charge on any atom is 0.338 e. The quantitative estimate of drug-likeness (QED) is 0.175. The number of nitrogens with one attached hydrogen (secondary N) is 1. The Labute approximate surface area is 204 Å². The zero-order valence-electron chi connectivity index (χ0n) is 20.9. The van der Waals surface area contributed by atoms with Gasteiger partial charge in [0.25, 0.3) is 0 Å². The van der Waals surface area contributed by atoms with Crippen molar-refractivity contribution in [1.29, 1.82) is 0 Å². The summed E-state index contributed by atoms with van der Waals surface area (Å²) in [5.74, 6) is -0.352. The molecule has 0 fully saturated rings. The fourth-order valence-corrected chi connectivity index (χ4v) is 2.65. The van der Waals surface area contributed by atoms with Crippen molar-refractivity contribution in [1.82, 2.24) is 0 Å². The van der Waals surface area contributed by atoms with Gasteiger partial charge in [-0.2, -0.15) is 0 Å². The minimum Gasteiger partial charge on any atom is -0.460 e. The van der Waals surface area contributed by atoms with Gasteiger partial charge >= 0.3 is 5.97 Å². The van der Waals surface area contributed by atoms with Crippen LogP contribution in [-0.2, 0) is 33.2 Å². The third kappa shape index (κ3) is 17.7. The molecule has 0 aliphatic rings. The summed E-state index contributed by atoms with van der Waals surface area (Å²) >= 11 is 0. The van der Waals surface area contributed by atoms with Crippen LogP contribution in [0.2, 0.25) is 0 Å². The van der Waals surface area contributed by atoms with Crippen molar-refractivity contribution in [2.45, 2.75) is 26.7 Å². The van der Waals surface area contributed by atoms with Crippen molar-refractivity contribution >= 4 is 11.7 Å². The average Bonchev–Trinajstić information content (AvgIpc) is 2.86. The normalized spacial score (nSPS) is 11.0. The lowest BCUT2D eigenvalue weighted by Gasteiger charge is -2.09. The van der Waals surface area contributed by atoms with Gasteiger partial charge in [0.05, 0.1) is 78.2 Å². The van der Waals surface area contributed by atoms with Crippen LogP contribution >= 0.6 is 0 Å². The van der Waals surface area contributed by atoms with Crippen LogP contribution in [0.3, 0.4) is 0 Å². The van der Waals surface area contributed by atoms with Crippen LogP contribution < -0.4 is 5.32 Å². The SMILES string of the molecule is CCCCNc1ccc(C(=O)OCCOCCOCCOCCOCCOCCOCC)cc1. The van der Waals surface area contributed by atoms with Crippen LogP contribution in [0.4, 0.5) is 5.69 Å². The largest absolute Gasteiger partial charge is 0.460 e. The van der Waals surface area contributed by atoms with Crippen molar-refractivity contribution in [3.05, 3.63) is 29.8 Å². The Kier molecular flexibility index (Phi) is 20.5. The van der Waals surface area contributed by atoms with Crippen LogP contribution in [0.1, 0.15) is 37.0 Å². The Morgan fingerprint density at radius 2 is 1.09 bits per heavy atom. The highest BCUT2D eigenvalue weighted by atomic mass is 16.6. The number of esters is 1. The van der Waals surface area contributed by atoms with E-state index in [4.69, 9.17) is 33.2 Å². The first kappa shape index (κ1) is 30.3. The second-order valence-corrected chi connectivity index (χ2v) is 7.25. The summed E-state index contributed by atoms with van der Waals surface area (Å²) in [5.41, 5.74) is 1.53. The molecule has 196 valence electrons. The summed E-state index contributed by atoms with van der Waals surface area (Å²) in [6, 6.07) is 7.30. The molecule has 0 atom stereocenters. The molecule has 0 spiro atoms. The Bertz CT molecular complexity index is 585. The van der Waals surface area contributed by atoms with Crippen molar-refractivity contribution in [3.8, 4) is 0 Å². The molecule has 1 rings (SSSR count). The van der Waals surface area contributed by atoms with Crippen LogP contribution in [0.25, 0.3) is 0 Å². The summed E-state index contributed by atoms with van der Waals surface area (Å²) in [7, 11) is 0. The zero-order chi connectivity index (χ0) is 24.5. The van der Waals surface area contributed by atoms with Gasteiger partial charge in [-0.3, -0.25) is 0 Å². The third-order valence-corrected chi connectivity index (χ3v) is 4.51. The number of hydrogen-bond acceptors (Lipinski definition) is 9. The number of unbranched alkanes of at least 4 members (excludes halogenated alkanes) is 1. The van der Waals surface area contributed by atoms with E-state index >= 15 is 0 Å². The summed E-state index contributed by atoms with van der Waals surface area (Å²) in [5, 5.41) is 3.31. The van der Waals surface area contributed by atoms with Crippen molar-refractivity contribution in [2.24, 2.45) is 0 Å². The zero-order valence-corrected chi connectivity index (χ0v) is 20.9. The van der Waals surface area contributed by atoms with Gasteiger partial charge in [0, 0.05) is 18.8 Å². The van der Waals surface area contributed by atoms with E-state index in [9.17, 15) is 4.79 Å². The van der Waals surface area contributed by atoms with E-state index in [2.05, 4.69) is 12.2 Å². The van der Waals surface area contributed by atoms with Gasteiger partial charge < -0.3 is 38.5 Å². The number of carbonyl (C=O) groups is 1. The van der Waals surface area contributed by atoms with E-state index in [1.165, 1.54) is 0 Å². The molecule has 0 amide bonds. The van der Waals surface area contributed by atoms with E-state index in [1.807, 2.05) is 19.1 Å². The molecule has 0 unspecified atom stereocenters. The second-order valence-electron chi connectivity index (χ2n) is 7.25. The highest BCUT2D eigenvalue weighted by molar-refractivity contribution is 5.89. The standard InChI is InChI=1S/C25H43NO8/c1-3-5-10-26-24-8-6-23(7-9-24)25(27)34-22-21-33-20-19-32-18-17-31-16-15-30-14-13-29-12-11-28-4-2/h6-9,26H,3-5,10-22H2,1-2H3. The minimum atomic E-state index is -0.352. The highest BCUT2D eigenvalue weighted by Crippen LogP contribution is 2.10. The molecular weight excluding hydrogens is 442 g/mol. The van der Waals surface area contributed by atoms with Gasteiger partial charge in [0.2, 0.25) is 0 Å². The fourth-order valence-electron chi connectivity index (χ4n) is 2.65. The van der Waals surface area contributed by atoms with Gasteiger partial charge in [-0.05, 0) is 37.6 Å². The molecule has 0 aliphatic heterocycles. The Morgan fingerprint density at radius 3 is 1.53 bits per heavy atom. The molecule has 34 heavy (non-hydrogen) atoms. The predicted molar refractivity (Wildman–Crippen MR) is 131 cm³/mol. The molecule has 9 heteroatoms. The number of rotatable bonds is 24. The summed E-state index contributed by atoms with van der Waals surface area (Å²) in [6.45, 7) is 11.5. The molecule has 0 radical (unpaired) electrons. The number of anilines is 1. The summed E-state index contributed by atoms with van der Waals surface area (Å²) < 4.78 is 37.4. The van der Waals surface area contributed by atoms with E-state index in [0.717, 1.165) is 25.1 Å². The minimum absolute atomic E-state index is 0.204. The molecule has 1 aromatic rings. The van der Waals surface area contributed by atoms with E-state index in [0.29, 0.717) is 84.8 Å². The van der Waals surface area contributed by atoms with E-state index in [1.54, 1.807) is 12.1 Å². The predicted octanol–water partition coefficient (Wildman–Crippen LogP) is 3.17. The van der Waals surface area contributed by atoms with Crippen molar-refractivity contribution in [2.75, 3.05) is 97.8 Å². The molecular formula is C25H43NO8. The number of ether oxygens (including phenoxy) is 7. The second kappa shape index (κ2) is 23.0. The van der Waals surface area contributed by atoms with Crippen LogP contribution in [0.15, 0.2) is 24.3 Å². The third-order valence-electron chi connectivity index (χ3n) is 4.51. The van der Waals surface area contributed by atoms with Crippen LogP contribution in [-0.4, -0.2) is 98.4 Å². The van der Waals surface area contributed by atoms with Gasteiger partial charge in [0.1, 0.15) is 6.61 Å². The molecule has 0 bridgehead atoms. The molecule has 1 aromatic carbocycles. The molecule has 0 heterocycles. The molecule has 1 N–H and O–H groups in total. The van der Waals surface area contributed by atoms with Gasteiger partial charge in [-0.15, -0.1) is 0 Å².